The van der Waals surface area contributed by atoms with Crippen LogP contribution in [-0.2, 0) is 11.3 Å². The number of rotatable bonds is 5. The highest BCUT2D eigenvalue weighted by atomic mass is 35.5. The maximum atomic E-state index is 12.4. The maximum absolute atomic E-state index is 12.4. The number of piperazine rings is 1. The predicted octanol–water partition coefficient (Wildman–Crippen LogP) is 2.43. The Balaban J connectivity index is 0.00000264. The summed E-state index contributed by atoms with van der Waals surface area (Å²) in [6.07, 6.45) is 0.945. The molecule has 0 saturated carbocycles. The smallest absolute Gasteiger partial charge is 0.239 e. The van der Waals surface area contributed by atoms with Gasteiger partial charge in [-0.1, -0.05) is 44.5 Å². The van der Waals surface area contributed by atoms with E-state index < -0.39 is 0 Å². The zero-order chi connectivity index (χ0) is 16.1. The fraction of sp³-hybridized carbons (Fsp3) is 0.611. The van der Waals surface area contributed by atoms with Crippen LogP contribution in [0, 0.1) is 12.8 Å². The van der Waals surface area contributed by atoms with Gasteiger partial charge < -0.3 is 10.6 Å². The Morgan fingerprint density at radius 3 is 2.39 bits per heavy atom. The molecule has 5 heteroatoms. The largest absolute Gasteiger partial charge is 0.339 e. The van der Waals surface area contributed by atoms with Crippen LogP contribution in [0.4, 0.5) is 0 Å². The first-order valence-corrected chi connectivity index (χ1v) is 8.34. The molecule has 130 valence electrons. The zero-order valence-electron chi connectivity index (χ0n) is 14.5. The first-order chi connectivity index (χ1) is 10.5. The van der Waals surface area contributed by atoms with E-state index in [0.29, 0.717) is 0 Å². The molecule has 1 aliphatic heterocycles. The number of hydrogen-bond donors (Lipinski definition) is 1. The van der Waals surface area contributed by atoms with Crippen molar-refractivity contribution < 1.29 is 4.79 Å². The summed E-state index contributed by atoms with van der Waals surface area (Å²) in [5, 5.41) is 0. The van der Waals surface area contributed by atoms with E-state index in [-0.39, 0.29) is 30.3 Å². The standard InChI is InChI=1S/C18H29N3O.ClH/c1-4-14(2)17(19)18(22)21-11-9-20(10-12-21)13-16-8-6-5-7-15(16)3;/h5-8,14,17H,4,9-13,19H2,1-3H3;1H. The zero-order valence-corrected chi connectivity index (χ0v) is 15.3. The van der Waals surface area contributed by atoms with E-state index in [1.165, 1.54) is 11.1 Å². The van der Waals surface area contributed by atoms with E-state index in [0.717, 1.165) is 39.1 Å². The van der Waals surface area contributed by atoms with Crippen molar-refractivity contribution in [3.05, 3.63) is 35.4 Å². The Morgan fingerprint density at radius 1 is 1.22 bits per heavy atom. The van der Waals surface area contributed by atoms with Crippen LogP contribution < -0.4 is 5.73 Å². The third kappa shape index (κ3) is 5.20. The Kier molecular flexibility index (Phi) is 8.03. The highest BCUT2D eigenvalue weighted by Gasteiger charge is 2.27. The van der Waals surface area contributed by atoms with Gasteiger partial charge in [0.2, 0.25) is 5.91 Å². The van der Waals surface area contributed by atoms with Crippen LogP contribution in [0.3, 0.4) is 0 Å². The number of nitrogens with two attached hydrogens (primary N) is 1. The van der Waals surface area contributed by atoms with Gasteiger partial charge in [0.25, 0.3) is 0 Å². The molecule has 2 unspecified atom stereocenters. The molecule has 0 aliphatic carbocycles. The van der Waals surface area contributed by atoms with Crippen LogP contribution in [0.1, 0.15) is 31.4 Å². The van der Waals surface area contributed by atoms with Crippen LogP contribution in [0.25, 0.3) is 0 Å². The molecule has 1 amide bonds. The summed E-state index contributed by atoms with van der Waals surface area (Å²) in [6.45, 7) is 10.7. The Labute approximate surface area is 146 Å². The molecular weight excluding hydrogens is 310 g/mol. The van der Waals surface area contributed by atoms with Crippen molar-refractivity contribution in [2.75, 3.05) is 26.2 Å². The molecule has 1 aromatic rings. The minimum absolute atomic E-state index is 0. The van der Waals surface area contributed by atoms with Gasteiger partial charge in [0.05, 0.1) is 6.04 Å². The maximum Gasteiger partial charge on any atom is 0.239 e. The molecule has 4 nitrogen and oxygen atoms in total. The molecule has 1 saturated heterocycles. The summed E-state index contributed by atoms with van der Waals surface area (Å²) >= 11 is 0. The van der Waals surface area contributed by atoms with Crippen LogP contribution in [-0.4, -0.2) is 47.9 Å². The van der Waals surface area contributed by atoms with Gasteiger partial charge in [-0.2, -0.15) is 0 Å². The van der Waals surface area contributed by atoms with Crippen molar-refractivity contribution in [3.63, 3.8) is 0 Å². The van der Waals surface area contributed by atoms with E-state index in [9.17, 15) is 4.79 Å². The highest BCUT2D eigenvalue weighted by Crippen LogP contribution is 2.14. The molecule has 1 heterocycles. The monoisotopic (exact) mass is 339 g/mol. The third-order valence-electron chi connectivity index (χ3n) is 4.88. The van der Waals surface area contributed by atoms with Gasteiger partial charge in [0.15, 0.2) is 0 Å². The molecule has 23 heavy (non-hydrogen) atoms. The number of halogens is 1. The quantitative estimate of drug-likeness (QED) is 0.896. The summed E-state index contributed by atoms with van der Waals surface area (Å²) in [7, 11) is 0. The Hall–Kier alpha value is -1.10. The molecule has 1 fully saturated rings. The van der Waals surface area contributed by atoms with E-state index in [4.69, 9.17) is 5.73 Å². The lowest BCUT2D eigenvalue weighted by Gasteiger charge is -2.36. The number of hydrogen-bond acceptors (Lipinski definition) is 3. The van der Waals surface area contributed by atoms with Crippen molar-refractivity contribution in [1.82, 2.24) is 9.80 Å². The summed E-state index contributed by atoms with van der Waals surface area (Å²) in [6, 6.07) is 8.15. The van der Waals surface area contributed by atoms with Gasteiger partial charge in [0.1, 0.15) is 0 Å². The molecule has 2 rings (SSSR count). The molecule has 2 N–H and O–H groups in total. The van der Waals surface area contributed by atoms with Crippen LogP contribution in [0.2, 0.25) is 0 Å². The van der Waals surface area contributed by atoms with Gasteiger partial charge in [0, 0.05) is 32.7 Å². The predicted molar refractivity (Wildman–Crippen MR) is 97.7 cm³/mol. The number of benzene rings is 1. The highest BCUT2D eigenvalue weighted by molar-refractivity contribution is 5.85. The lowest BCUT2D eigenvalue weighted by molar-refractivity contribution is -0.135. The first-order valence-electron chi connectivity index (χ1n) is 8.34. The molecule has 2 atom stereocenters. The topological polar surface area (TPSA) is 49.6 Å². The Morgan fingerprint density at radius 2 is 1.83 bits per heavy atom. The van der Waals surface area contributed by atoms with Crippen molar-refractivity contribution in [3.8, 4) is 0 Å². The Bertz CT molecular complexity index is 501. The fourth-order valence-corrected chi connectivity index (χ4v) is 2.86. The second-order valence-electron chi connectivity index (χ2n) is 6.44. The van der Waals surface area contributed by atoms with Crippen LogP contribution in [0.15, 0.2) is 24.3 Å². The lowest BCUT2D eigenvalue weighted by atomic mass is 9.98. The number of carbonyl (C=O) groups excluding carboxylic acids is 1. The van der Waals surface area contributed by atoms with Gasteiger partial charge in [-0.15, -0.1) is 12.4 Å². The van der Waals surface area contributed by atoms with Gasteiger partial charge in [-0.3, -0.25) is 9.69 Å². The second kappa shape index (κ2) is 9.26. The SMILES string of the molecule is CCC(C)C(N)C(=O)N1CCN(Cc2ccccc2C)CC1.Cl. The van der Waals surface area contributed by atoms with Crippen molar-refractivity contribution in [1.29, 1.82) is 0 Å². The average Bonchev–Trinajstić information content (AvgIpc) is 2.55. The van der Waals surface area contributed by atoms with Crippen molar-refractivity contribution in [2.45, 2.75) is 39.8 Å². The van der Waals surface area contributed by atoms with Gasteiger partial charge >= 0.3 is 0 Å². The van der Waals surface area contributed by atoms with E-state index in [1.807, 2.05) is 4.90 Å². The average molecular weight is 340 g/mol. The van der Waals surface area contributed by atoms with E-state index >= 15 is 0 Å². The first kappa shape index (κ1) is 19.9. The minimum atomic E-state index is -0.354. The fourth-order valence-electron chi connectivity index (χ4n) is 2.86. The van der Waals surface area contributed by atoms with Crippen LogP contribution in [0.5, 0.6) is 0 Å². The number of aryl methyl sites for hydroxylation is 1. The third-order valence-corrected chi connectivity index (χ3v) is 4.88. The van der Waals surface area contributed by atoms with Gasteiger partial charge in [-0.25, -0.2) is 0 Å². The normalized spacial score (nSPS) is 18.2. The number of nitrogens with zero attached hydrogens (tertiary/aromatic N) is 2. The second-order valence-corrected chi connectivity index (χ2v) is 6.44. The van der Waals surface area contributed by atoms with Crippen molar-refractivity contribution >= 4 is 18.3 Å². The number of carbonyl (C=O) groups is 1. The molecule has 0 bridgehead atoms. The summed E-state index contributed by atoms with van der Waals surface area (Å²) in [4.78, 5) is 16.8. The van der Waals surface area contributed by atoms with E-state index in [2.05, 4.69) is 49.9 Å². The summed E-state index contributed by atoms with van der Waals surface area (Å²) in [5.41, 5.74) is 8.78. The number of amides is 1. The minimum Gasteiger partial charge on any atom is -0.339 e. The van der Waals surface area contributed by atoms with E-state index in [1.54, 1.807) is 0 Å². The van der Waals surface area contributed by atoms with Gasteiger partial charge in [-0.05, 0) is 24.0 Å². The van der Waals surface area contributed by atoms with Crippen LogP contribution >= 0.6 is 12.4 Å². The molecular formula is C18H30ClN3O. The molecule has 0 spiro atoms. The molecule has 1 aromatic carbocycles. The molecule has 0 aromatic heterocycles. The van der Waals surface area contributed by atoms with Crippen molar-refractivity contribution in [2.24, 2.45) is 11.7 Å². The summed E-state index contributed by atoms with van der Waals surface area (Å²) in [5.74, 6) is 0.363. The lowest BCUT2D eigenvalue weighted by Crippen LogP contribution is -2.54. The summed E-state index contributed by atoms with van der Waals surface area (Å²) < 4.78 is 0. The molecule has 1 aliphatic rings. The molecule has 0 radical (unpaired) electrons.